The van der Waals surface area contributed by atoms with E-state index in [1.165, 1.54) is 11.9 Å². The van der Waals surface area contributed by atoms with Gasteiger partial charge in [-0.05, 0) is 41.3 Å². The largest absolute Gasteiger partial charge is 0.357 e. The number of carbonyl (C=O) groups is 2. The van der Waals surface area contributed by atoms with Crippen LogP contribution < -0.4 is 9.62 Å². The van der Waals surface area contributed by atoms with Crippen LogP contribution in [-0.4, -0.2) is 51.0 Å². The van der Waals surface area contributed by atoms with Crippen LogP contribution in [-0.2, 0) is 39.0 Å². The molecule has 0 spiro atoms. The van der Waals surface area contributed by atoms with Crippen molar-refractivity contribution in [1.82, 2.24) is 10.2 Å². The smallest absolute Gasteiger partial charge is 0.244 e. The molecule has 1 N–H and O–H groups in total. The first-order chi connectivity index (χ1) is 17.6. The SMILES string of the molecule is CCc1ccccc1N(CC(=O)N(Cc1cccc(Cl)c1)C(Cc1ccccc1)C(=O)NC)S(C)(=O)=O. The molecule has 7 nitrogen and oxygen atoms in total. The van der Waals surface area contributed by atoms with E-state index in [-0.39, 0.29) is 18.9 Å². The fourth-order valence-corrected chi connectivity index (χ4v) is 5.29. The van der Waals surface area contributed by atoms with Crippen molar-refractivity contribution in [2.45, 2.75) is 32.4 Å². The molecule has 0 saturated carbocycles. The summed E-state index contributed by atoms with van der Waals surface area (Å²) in [5.74, 6) is -0.847. The van der Waals surface area contributed by atoms with Gasteiger partial charge < -0.3 is 10.2 Å². The van der Waals surface area contributed by atoms with Gasteiger partial charge in [-0.3, -0.25) is 13.9 Å². The Bertz CT molecular complexity index is 1330. The second-order valence-corrected chi connectivity index (χ2v) is 11.1. The average molecular weight is 542 g/mol. The minimum absolute atomic E-state index is 0.0807. The lowest BCUT2D eigenvalue weighted by Crippen LogP contribution is -2.53. The Hall–Kier alpha value is -3.36. The summed E-state index contributed by atoms with van der Waals surface area (Å²) in [5.41, 5.74) is 2.84. The fourth-order valence-electron chi connectivity index (χ4n) is 4.20. The zero-order chi connectivity index (χ0) is 27.0. The van der Waals surface area contributed by atoms with Crippen molar-refractivity contribution in [3.05, 3.63) is 101 Å². The van der Waals surface area contributed by atoms with Gasteiger partial charge in [-0.2, -0.15) is 0 Å². The van der Waals surface area contributed by atoms with Crippen LogP contribution in [0.2, 0.25) is 5.02 Å². The summed E-state index contributed by atoms with van der Waals surface area (Å²) in [6.07, 6.45) is 1.93. The Morgan fingerprint density at radius 1 is 0.946 bits per heavy atom. The average Bonchev–Trinajstić information content (AvgIpc) is 2.88. The third-order valence-corrected chi connectivity index (χ3v) is 7.44. The van der Waals surface area contributed by atoms with Crippen LogP contribution in [0.25, 0.3) is 0 Å². The molecular weight excluding hydrogens is 510 g/mol. The molecule has 0 bridgehead atoms. The molecule has 0 saturated heterocycles. The second kappa shape index (κ2) is 12.7. The highest BCUT2D eigenvalue weighted by atomic mass is 35.5. The Labute approximate surface area is 224 Å². The molecule has 0 heterocycles. The molecule has 196 valence electrons. The van der Waals surface area contributed by atoms with E-state index in [1.54, 1.807) is 30.3 Å². The zero-order valence-corrected chi connectivity index (χ0v) is 22.8. The molecule has 9 heteroatoms. The maximum Gasteiger partial charge on any atom is 0.244 e. The van der Waals surface area contributed by atoms with Gasteiger partial charge in [0.2, 0.25) is 21.8 Å². The van der Waals surface area contributed by atoms with Gasteiger partial charge in [-0.1, -0.05) is 79.2 Å². The van der Waals surface area contributed by atoms with E-state index in [9.17, 15) is 18.0 Å². The number of likely N-dealkylation sites (N-methyl/N-ethyl adjacent to an activating group) is 1. The van der Waals surface area contributed by atoms with Crippen molar-refractivity contribution in [3.63, 3.8) is 0 Å². The maximum atomic E-state index is 13.9. The summed E-state index contributed by atoms with van der Waals surface area (Å²) in [6.45, 7) is 1.56. The van der Waals surface area contributed by atoms with Crippen molar-refractivity contribution in [1.29, 1.82) is 0 Å². The number of hydrogen-bond acceptors (Lipinski definition) is 4. The first kappa shape index (κ1) is 28.2. The molecule has 37 heavy (non-hydrogen) atoms. The fraction of sp³-hybridized carbons (Fsp3) is 0.286. The van der Waals surface area contributed by atoms with Crippen molar-refractivity contribution in [2.75, 3.05) is 24.2 Å². The minimum Gasteiger partial charge on any atom is -0.357 e. The van der Waals surface area contributed by atoms with Gasteiger partial charge in [-0.25, -0.2) is 8.42 Å². The number of para-hydroxylation sites is 1. The molecule has 1 unspecified atom stereocenters. The lowest BCUT2D eigenvalue weighted by atomic mass is 10.0. The van der Waals surface area contributed by atoms with E-state index in [2.05, 4.69) is 5.32 Å². The van der Waals surface area contributed by atoms with Crippen LogP contribution in [0.15, 0.2) is 78.9 Å². The van der Waals surface area contributed by atoms with Crippen LogP contribution >= 0.6 is 11.6 Å². The molecule has 0 aromatic heterocycles. The highest BCUT2D eigenvalue weighted by Crippen LogP contribution is 2.25. The van der Waals surface area contributed by atoms with E-state index in [1.807, 2.05) is 55.5 Å². The number of sulfonamides is 1. The van der Waals surface area contributed by atoms with E-state index in [4.69, 9.17) is 11.6 Å². The van der Waals surface area contributed by atoms with Crippen LogP contribution in [0.1, 0.15) is 23.6 Å². The number of rotatable bonds is 11. The molecule has 0 aliphatic carbocycles. The van der Waals surface area contributed by atoms with Crippen molar-refractivity contribution >= 4 is 39.1 Å². The van der Waals surface area contributed by atoms with Crippen molar-refractivity contribution < 1.29 is 18.0 Å². The van der Waals surface area contributed by atoms with E-state index in [0.29, 0.717) is 17.1 Å². The van der Waals surface area contributed by atoms with Gasteiger partial charge in [0.15, 0.2) is 0 Å². The van der Waals surface area contributed by atoms with Gasteiger partial charge in [0.05, 0.1) is 11.9 Å². The lowest BCUT2D eigenvalue weighted by molar-refractivity contribution is -0.139. The Balaban J connectivity index is 2.05. The highest BCUT2D eigenvalue weighted by molar-refractivity contribution is 7.92. The van der Waals surface area contributed by atoms with Crippen LogP contribution in [0, 0.1) is 0 Å². The maximum absolute atomic E-state index is 13.9. The minimum atomic E-state index is -3.80. The van der Waals surface area contributed by atoms with E-state index in [0.717, 1.165) is 27.3 Å². The summed E-state index contributed by atoms with van der Waals surface area (Å²) in [7, 11) is -2.29. The second-order valence-electron chi connectivity index (χ2n) is 8.72. The highest BCUT2D eigenvalue weighted by Gasteiger charge is 2.33. The number of hydrogen-bond donors (Lipinski definition) is 1. The molecule has 3 aromatic carbocycles. The number of aryl methyl sites for hydroxylation is 1. The number of anilines is 1. The number of carbonyl (C=O) groups excluding carboxylic acids is 2. The first-order valence-corrected chi connectivity index (χ1v) is 14.2. The van der Waals surface area contributed by atoms with Gasteiger partial charge in [0.25, 0.3) is 0 Å². The molecular formula is C28H32ClN3O4S. The molecule has 0 aliphatic heterocycles. The summed E-state index contributed by atoms with van der Waals surface area (Å²) < 4.78 is 26.9. The molecule has 0 fully saturated rings. The summed E-state index contributed by atoms with van der Waals surface area (Å²) >= 11 is 6.19. The van der Waals surface area contributed by atoms with Gasteiger partial charge in [-0.15, -0.1) is 0 Å². The standard InChI is InChI=1S/C28H32ClN3O4S/c1-4-23-14-8-9-16-25(23)32(37(3,35)36)20-27(33)31(19-22-13-10-15-24(29)17-22)26(28(34)30-2)18-21-11-6-5-7-12-21/h5-17,26H,4,18-20H2,1-3H3,(H,30,34). The molecule has 0 radical (unpaired) electrons. The Kier molecular flexibility index (Phi) is 9.72. The van der Waals surface area contributed by atoms with Crippen molar-refractivity contribution in [2.24, 2.45) is 0 Å². The lowest BCUT2D eigenvalue weighted by Gasteiger charge is -2.33. The third-order valence-electron chi connectivity index (χ3n) is 6.08. The zero-order valence-electron chi connectivity index (χ0n) is 21.2. The Morgan fingerprint density at radius 2 is 1.59 bits per heavy atom. The van der Waals surface area contributed by atoms with Gasteiger partial charge in [0, 0.05) is 25.0 Å². The van der Waals surface area contributed by atoms with Crippen molar-refractivity contribution in [3.8, 4) is 0 Å². The normalized spacial score (nSPS) is 12.0. The summed E-state index contributed by atoms with van der Waals surface area (Å²) in [5, 5.41) is 3.16. The topological polar surface area (TPSA) is 86.8 Å². The molecule has 1 atom stereocenters. The van der Waals surface area contributed by atoms with E-state index >= 15 is 0 Å². The first-order valence-electron chi connectivity index (χ1n) is 12.0. The number of nitrogens with one attached hydrogen (secondary N) is 1. The van der Waals surface area contributed by atoms with Crippen LogP contribution in [0.4, 0.5) is 5.69 Å². The predicted octanol–water partition coefficient (Wildman–Crippen LogP) is 4.05. The van der Waals surface area contributed by atoms with Gasteiger partial charge in [0.1, 0.15) is 12.6 Å². The van der Waals surface area contributed by atoms with Crippen LogP contribution in [0.3, 0.4) is 0 Å². The Morgan fingerprint density at radius 3 is 2.22 bits per heavy atom. The molecule has 0 aliphatic rings. The summed E-state index contributed by atoms with van der Waals surface area (Å²) in [4.78, 5) is 28.5. The van der Waals surface area contributed by atoms with Gasteiger partial charge >= 0.3 is 0 Å². The van der Waals surface area contributed by atoms with Crippen LogP contribution in [0.5, 0.6) is 0 Å². The summed E-state index contributed by atoms with van der Waals surface area (Å²) in [6, 6.07) is 22.7. The number of amides is 2. The monoisotopic (exact) mass is 541 g/mol. The molecule has 3 rings (SSSR count). The molecule has 2 amide bonds. The number of benzene rings is 3. The van der Waals surface area contributed by atoms with E-state index < -0.39 is 28.5 Å². The quantitative estimate of drug-likeness (QED) is 0.397. The predicted molar refractivity (Wildman–Crippen MR) is 148 cm³/mol. The number of halogens is 1. The third kappa shape index (κ3) is 7.57. The molecule has 3 aromatic rings. The number of nitrogens with zero attached hydrogens (tertiary/aromatic N) is 2.